The van der Waals surface area contributed by atoms with E-state index in [0.29, 0.717) is 18.8 Å². The maximum absolute atomic E-state index is 12.7. The van der Waals surface area contributed by atoms with Crippen LogP contribution in [0.15, 0.2) is 42.6 Å². The Hall–Kier alpha value is -3.73. The van der Waals surface area contributed by atoms with Crippen LogP contribution in [-0.2, 0) is 33.8 Å². The maximum Gasteiger partial charge on any atom is 0.490 e. The molecule has 3 aliphatic heterocycles. The summed E-state index contributed by atoms with van der Waals surface area (Å²) in [7, 11) is 0. The molecule has 4 heterocycles. The van der Waals surface area contributed by atoms with Gasteiger partial charge in [-0.15, -0.1) is 0 Å². The number of alkyl halides is 3. The van der Waals surface area contributed by atoms with Gasteiger partial charge in [-0.25, -0.2) is 9.78 Å². The SMILES string of the molecule is O=C(/C=C/c1cnc2c(c1)CC1(CCNCC1)C(=O)N2)N1CCc2ccccc2C1.O=C(O)C(F)(F)F. The van der Waals surface area contributed by atoms with Crippen molar-refractivity contribution in [1.82, 2.24) is 15.2 Å². The number of fused-ring (bicyclic) bond motifs is 2. The van der Waals surface area contributed by atoms with Gasteiger partial charge in [0.15, 0.2) is 0 Å². The summed E-state index contributed by atoms with van der Waals surface area (Å²) < 4.78 is 31.7. The van der Waals surface area contributed by atoms with E-state index < -0.39 is 12.1 Å². The predicted molar refractivity (Wildman–Crippen MR) is 129 cm³/mol. The van der Waals surface area contributed by atoms with E-state index in [1.807, 2.05) is 17.0 Å². The second-order valence-corrected chi connectivity index (χ2v) is 9.35. The average molecular weight is 517 g/mol. The van der Waals surface area contributed by atoms with Crippen molar-refractivity contribution in [2.75, 3.05) is 25.0 Å². The highest BCUT2D eigenvalue weighted by Crippen LogP contribution is 2.39. The van der Waals surface area contributed by atoms with Crippen molar-refractivity contribution in [2.24, 2.45) is 5.41 Å². The van der Waals surface area contributed by atoms with Gasteiger partial charge in [0.05, 0.1) is 5.41 Å². The Kier molecular flexibility index (Phi) is 7.63. The van der Waals surface area contributed by atoms with E-state index in [9.17, 15) is 22.8 Å². The maximum atomic E-state index is 12.7. The number of benzene rings is 1. The Morgan fingerprint density at radius 1 is 1.11 bits per heavy atom. The molecule has 37 heavy (non-hydrogen) atoms. The van der Waals surface area contributed by atoms with Gasteiger partial charge in [-0.05, 0) is 73.2 Å². The Balaban J connectivity index is 0.000000405. The molecule has 0 aliphatic carbocycles. The molecule has 2 aromatic rings. The lowest BCUT2D eigenvalue weighted by Gasteiger charge is -2.39. The molecule has 5 rings (SSSR count). The molecule has 0 unspecified atom stereocenters. The molecular weight excluding hydrogens is 489 g/mol. The van der Waals surface area contributed by atoms with Crippen LogP contribution in [0.4, 0.5) is 19.0 Å². The average Bonchev–Trinajstić information content (AvgIpc) is 2.88. The van der Waals surface area contributed by atoms with Gasteiger partial charge in [0.1, 0.15) is 5.82 Å². The second-order valence-electron chi connectivity index (χ2n) is 9.35. The molecule has 196 valence electrons. The van der Waals surface area contributed by atoms with Crippen molar-refractivity contribution in [1.29, 1.82) is 0 Å². The zero-order valence-corrected chi connectivity index (χ0v) is 20.0. The highest BCUT2D eigenvalue weighted by molar-refractivity contribution is 5.98. The van der Waals surface area contributed by atoms with Gasteiger partial charge < -0.3 is 20.6 Å². The van der Waals surface area contributed by atoms with Crippen LogP contribution in [0.3, 0.4) is 0 Å². The summed E-state index contributed by atoms with van der Waals surface area (Å²) in [6.45, 7) is 3.13. The molecule has 1 aromatic heterocycles. The zero-order chi connectivity index (χ0) is 26.6. The number of hydrogen-bond donors (Lipinski definition) is 3. The van der Waals surface area contributed by atoms with Crippen LogP contribution in [0.2, 0.25) is 0 Å². The van der Waals surface area contributed by atoms with Crippen LogP contribution in [0.5, 0.6) is 0 Å². The molecule has 8 nitrogen and oxygen atoms in total. The van der Waals surface area contributed by atoms with Gasteiger partial charge in [-0.3, -0.25) is 9.59 Å². The number of anilines is 1. The number of hydrogen-bond acceptors (Lipinski definition) is 5. The molecule has 0 bridgehead atoms. The van der Waals surface area contributed by atoms with E-state index in [-0.39, 0.29) is 17.2 Å². The molecule has 1 saturated heterocycles. The minimum atomic E-state index is -5.08. The standard InChI is InChI=1S/C24H26N4O2.C2HF3O2/c29-21(28-12-7-18-3-1-2-4-19(18)16-28)6-5-17-13-20-14-24(8-10-25-11-9-24)23(30)27-22(20)26-15-17;3-2(4,5)1(6)7/h1-6,13,15,25H,7-12,14,16H2,(H,26,27,30);(H,6,7)/b6-5+;. The number of amides is 2. The van der Waals surface area contributed by atoms with E-state index >= 15 is 0 Å². The molecule has 0 atom stereocenters. The topological polar surface area (TPSA) is 112 Å². The summed E-state index contributed by atoms with van der Waals surface area (Å²) in [4.78, 5) is 40.6. The molecule has 1 spiro atoms. The van der Waals surface area contributed by atoms with Crippen molar-refractivity contribution in [3.05, 3.63) is 64.9 Å². The monoisotopic (exact) mass is 516 g/mol. The lowest BCUT2D eigenvalue weighted by atomic mass is 9.71. The number of aliphatic carboxylic acids is 1. The number of carbonyl (C=O) groups is 3. The molecular formula is C26H27F3N4O4. The molecule has 0 radical (unpaired) electrons. The smallest absolute Gasteiger partial charge is 0.475 e. The number of nitrogens with zero attached hydrogens (tertiary/aromatic N) is 2. The summed E-state index contributed by atoms with van der Waals surface area (Å²) >= 11 is 0. The Bertz CT molecular complexity index is 1220. The number of carboxylic acids is 1. The number of pyridine rings is 1. The first-order valence-electron chi connectivity index (χ1n) is 11.9. The number of carboxylic acid groups (broad SMARTS) is 1. The van der Waals surface area contributed by atoms with Gasteiger partial charge in [0.2, 0.25) is 11.8 Å². The van der Waals surface area contributed by atoms with Gasteiger partial charge in [-0.2, -0.15) is 13.2 Å². The van der Waals surface area contributed by atoms with Gasteiger partial charge >= 0.3 is 12.1 Å². The Labute approximate surface area is 211 Å². The van der Waals surface area contributed by atoms with Gasteiger partial charge in [-0.1, -0.05) is 24.3 Å². The quantitative estimate of drug-likeness (QED) is 0.529. The van der Waals surface area contributed by atoms with Crippen LogP contribution in [0.1, 0.15) is 35.1 Å². The third-order valence-corrected chi connectivity index (χ3v) is 6.89. The van der Waals surface area contributed by atoms with Crippen LogP contribution in [0, 0.1) is 5.41 Å². The zero-order valence-electron chi connectivity index (χ0n) is 20.0. The molecule has 3 aliphatic rings. The minimum Gasteiger partial charge on any atom is -0.475 e. The van der Waals surface area contributed by atoms with E-state index in [2.05, 4.69) is 39.9 Å². The fraction of sp³-hybridized carbons (Fsp3) is 0.385. The number of aromatic nitrogens is 1. The van der Waals surface area contributed by atoms with Gasteiger partial charge in [0.25, 0.3) is 0 Å². The van der Waals surface area contributed by atoms with Crippen LogP contribution >= 0.6 is 0 Å². The van der Waals surface area contributed by atoms with E-state index in [1.165, 1.54) is 11.1 Å². The van der Waals surface area contributed by atoms with Crippen molar-refractivity contribution in [3.63, 3.8) is 0 Å². The number of rotatable bonds is 2. The minimum absolute atomic E-state index is 0.0188. The third-order valence-electron chi connectivity index (χ3n) is 6.89. The summed E-state index contributed by atoms with van der Waals surface area (Å²) in [6.07, 6.45) is 3.39. The summed E-state index contributed by atoms with van der Waals surface area (Å²) in [5, 5.41) is 13.5. The largest absolute Gasteiger partial charge is 0.490 e. The Morgan fingerprint density at radius 2 is 1.78 bits per heavy atom. The molecule has 0 saturated carbocycles. The third kappa shape index (κ3) is 6.16. The number of nitrogens with one attached hydrogen (secondary N) is 2. The second kappa shape index (κ2) is 10.7. The van der Waals surface area contributed by atoms with Crippen LogP contribution < -0.4 is 10.6 Å². The summed E-state index contributed by atoms with van der Waals surface area (Å²) in [5.74, 6) is -1.99. The first-order chi connectivity index (χ1) is 17.6. The molecule has 11 heteroatoms. The van der Waals surface area contributed by atoms with Crippen molar-refractivity contribution in [3.8, 4) is 0 Å². The first kappa shape index (κ1) is 26.3. The van der Waals surface area contributed by atoms with E-state index in [0.717, 1.165) is 50.0 Å². The molecule has 1 aromatic carbocycles. The number of piperidine rings is 1. The van der Waals surface area contributed by atoms with Crippen molar-refractivity contribution < 1.29 is 32.7 Å². The summed E-state index contributed by atoms with van der Waals surface area (Å²) in [5.41, 5.74) is 4.17. The Morgan fingerprint density at radius 3 is 2.46 bits per heavy atom. The highest BCUT2D eigenvalue weighted by atomic mass is 19.4. The molecule has 3 N–H and O–H groups in total. The van der Waals surface area contributed by atoms with Crippen LogP contribution in [-0.4, -0.2) is 58.6 Å². The number of carbonyl (C=O) groups excluding carboxylic acids is 2. The first-order valence-corrected chi connectivity index (χ1v) is 11.9. The summed E-state index contributed by atoms with van der Waals surface area (Å²) in [6, 6.07) is 10.4. The van der Waals surface area contributed by atoms with E-state index in [1.54, 1.807) is 12.3 Å². The van der Waals surface area contributed by atoms with Gasteiger partial charge in [0, 0.05) is 25.4 Å². The predicted octanol–water partition coefficient (Wildman–Crippen LogP) is 3.18. The fourth-order valence-electron chi connectivity index (χ4n) is 4.82. The lowest BCUT2D eigenvalue weighted by molar-refractivity contribution is -0.192. The molecule has 1 fully saturated rings. The number of halogens is 3. The van der Waals surface area contributed by atoms with E-state index in [4.69, 9.17) is 9.90 Å². The highest BCUT2D eigenvalue weighted by Gasteiger charge is 2.43. The fourth-order valence-corrected chi connectivity index (χ4v) is 4.82. The van der Waals surface area contributed by atoms with Crippen molar-refractivity contribution in [2.45, 2.75) is 38.4 Å². The normalized spacial score (nSPS) is 18.4. The lowest BCUT2D eigenvalue weighted by Crippen LogP contribution is -2.48. The van der Waals surface area contributed by atoms with Crippen molar-refractivity contribution >= 4 is 29.7 Å². The molecule has 2 amide bonds. The van der Waals surface area contributed by atoms with Crippen LogP contribution in [0.25, 0.3) is 6.08 Å².